The fourth-order valence-electron chi connectivity index (χ4n) is 5.51. The summed E-state index contributed by atoms with van der Waals surface area (Å²) in [5.41, 5.74) is 1.49. The van der Waals surface area contributed by atoms with E-state index < -0.39 is 0 Å². The van der Waals surface area contributed by atoms with E-state index in [1.807, 2.05) is 25.1 Å². The van der Waals surface area contributed by atoms with Crippen molar-refractivity contribution < 1.29 is 19.4 Å². The number of aliphatic hydroxyl groups is 1. The summed E-state index contributed by atoms with van der Waals surface area (Å²) in [5.74, 6) is 1.70. The number of aliphatic hydroxyl groups excluding tert-OH is 1. The normalized spacial score (nSPS) is 24.7. The number of hydrogen-bond acceptors (Lipinski definition) is 5. The monoisotopic (exact) mass is 485 g/mol. The second kappa shape index (κ2) is 11.7. The molecule has 0 bridgehead atoms. The van der Waals surface area contributed by atoms with Crippen LogP contribution in [-0.2, 0) is 16.0 Å². The van der Waals surface area contributed by atoms with E-state index in [0.717, 1.165) is 37.4 Å². The fourth-order valence-corrected chi connectivity index (χ4v) is 5.51. The zero-order valence-electron chi connectivity index (χ0n) is 21.7. The van der Waals surface area contributed by atoms with E-state index in [9.17, 15) is 14.7 Å². The summed E-state index contributed by atoms with van der Waals surface area (Å²) in [4.78, 5) is 29.8. The third kappa shape index (κ3) is 6.98. The Labute approximate surface area is 210 Å². The van der Waals surface area contributed by atoms with Crippen LogP contribution in [0.4, 0.5) is 5.69 Å². The molecule has 3 atom stereocenters. The average molecular weight is 486 g/mol. The Morgan fingerprint density at radius 3 is 2.63 bits per heavy atom. The molecule has 0 spiro atoms. The van der Waals surface area contributed by atoms with Gasteiger partial charge in [-0.05, 0) is 63.8 Å². The summed E-state index contributed by atoms with van der Waals surface area (Å²) in [6.07, 6.45) is 8.62. The number of likely N-dealkylation sites (N-methyl/N-ethyl adjacent to an activating group) is 1. The summed E-state index contributed by atoms with van der Waals surface area (Å²) in [6, 6.07) is 5.40. The topological polar surface area (TPSA) is 82.1 Å². The van der Waals surface area contributed by atoms with E-state index in [0.29, 0.717) is 18.0 Å². The van der Waals surface area contributed by atoms with Crippen molar-refractivity contribution >= 4 is 17.5 Å². The first-order valence-electron chi connectivity index (χ1n) is 13.5. The minimum absolute atomic E-state index is 0.0230. The number of benzene rings is 1. The van der Waals surface area contributed by atoms with Crippen LogP contribution in [0.3, 0.4) is 0 Å². The molecular formula is C28H43N3O4. The predicted octanol–water partition coefficient (Wildman–Crippen LogP) is 3.70. The number of carbonyl (C=O) groups is 2. The van der Waals surface area contributed by atoms with Crippen molar-refractivity contribution in [1.82, 2.24) is 9.80 Å². The standard InChI is InChI=1S/C28H43N3O4/c1-19-15-31(20(2)18-32)27(33)14-23-13-24(29-28(34)22-9-10-22)11-12-25(23)35-26(19)17-30(3)16-21-7-5-4-6-8-21/h11-13,19-22,26,32H,4-10,14-18H2,1-3H3,(H,29,34)/t19-,20-,26-/m0/s1. The Balaban J connectivity index is 1.55. The Hall–Kier alpha value is -2.12. The zero-order chi connectivity index (χ0) is 24.9. The van der Waals surface area contributed by atoms with E-state index >= 15 is 0 Å². The molecule has 2 fully saturated rings. The summed E-state index contributed by atoms with van der Waals surface area (Å²) >= 11 is 0. The molecule has 7 nitrogen and oxygen atoms in total. The van der Waals surface area contributed by atoms with Gasteiger partial charge in [0.2, 0.25) is 11.8 Å². The Kier molecular flexibility index (Phi) is 8.71. The lowest BCUT2D eigenvalue weighted by molar-refractivity contribution is -0.134. The number of ether oxygens (including phenoxy) is 1. The van der Waals surface area contributed by atoms with Gasteiger partial charge in [0.05, 0.1) is 19.1 Å². The Bertz CT molecular complexity index is 881. The first-order chi connectivity index (χ1) is 16.8. The third-order valence-electron chi connectivity index (χ3n) is 7.92. The van der Waals surface area contributed by atoms with Crippen molar-refractivity contribution in [3.63, 3.8) is 0 Å². The average Bonchev–Trinajstić information content (AvgIpc) is 3.68. The van der Waals surface area contributed by atoms with Gasteiger partial charge in [0.15, 0.2) is 0 Å². The maximum absolute atomic E-state index is 13.3. The maximum Gasteiger partial charge on any atom is 0.227 e. The molecule has 1 heterocycles. The van der Waals surface area contributed by atoms with Crippen LogP contribution in [0.2, 0.25) is 0 Å². The van der Waals surface area contributed by atoms with Crippen LogP contribution in [0, 0.1) is 17.8 Å². The van der Waals surface area contributed by atoms with Crippen LogP contribution in [-0.4, -0.2) is 72.2 Å². The minimum atomic E-state index is -0.259. The van der Waals surface area contributed by atoms with Crippen LogP contribution in [0.15, 0.2) is 18.2 Å². The van der Waals surface area contributed by atoms with Crippen molar-refractivity contribution in [2.45, 2.75) is 77.4 Å². The van der Waals surface area contributed by atoms with E-state index in [1.54, 1.807) is 4.90 Å². The molecule has 0 unspecified atom stereocenters. The van der Waals surface area contributed by atoms with Gasteiger partial charge in [-0.25, -0.2) is 0 Å². The van der Waals surface area contributed by atoms with Crippen LogP contribution in [0.1, 0.15) is 64.4 Å². The number of nitrogens with one attached hydrogen (secondary N) is 1. The molecule has 1 aromatic carbocycles. The van der Waals surface area contributed by atoms with Gasteiger partial charge in [0.25, 0.3) is 0 Å². The summed E-state index contributed by atoms with van der Waals surface area (Å²) < 4.78 is 6.62. The predicted molar refractivity (Wildman–Crippen MR) is 137 cm³/mol. The van der Waals surface area contributed by atoms with Gasteiger partial charge >= 0.3 is 0 Å². The van der Waals surface area contributed by atoms with Gasteiger partial charge in [-0.15, -0.1) is 0 Å². The summed E-state index contributed by atoms with van der Waals surface area (Å²) in [6.45, 7) is 6.35. The maximum atomic E-state index is 13.3. The number of rotatable bonds is 8. The van der Waals surface area contributed by atoms with Gasteiger partial charge in [0, 0.05) is 42.7 Å². The lowest BCUT2D eigenvalue weighted by atomic mass is 9.89. The SMILES string of the molecule is C[C@H]1CN([C@@H](C)CO)C(=O)Cc2cc(NC(=O)C3CC3)ccc2O[C@H]1CN(C)CC1CCCCC1. The van der Waals surface area contributed by atoms with E-state index in [1.165, 1.54) is 32.1 Å². The van der Waals surface area contributed by atoms with Gasteiger partial charge < -0.3 is 25.0 Å². The first-order valence-corrected chi connectivity index (χ1v) is 13.5. The van der Waals surface area contributed by atoms with Crippen molar-refractivity contribution in [2.75, 3.05) is 38.6 Å². The van der Waals surface area contributed by atoms with E-state index in [-0.39, 0.29) is 48.8 Å². The molecule has 2 aliphatic carbocycles. The van der Waals surface area contributed by atoms with Gasteiger partial charge in [-0.3, -0.25) is 9.59 Å². The number of nitrogens with zero attached hydrogens (tertiary/aromatic N) is 2. The molecule has 2 amide bonds. The molecule has 0 saturated heterocycles. The molecule has 1 aromatic rings. The third-order valence-corrected chi connectivity index (χ3v) is 7.92. The van der Waals surface area contributed by atoms with Crippen molar-refractivity contribution in [2.24, 2.45) is 17.8 Å². The molecule has 3 aliphatic rings. The lowest BCUT2D eigenvalue weighted by Crippen LogP contribution is -2.48. The van der Waals surface area contributed by atoms with Crippen molar-refractivity contribution in [3.8, 4) is 5.75 Å². The highest BCUT2D eigenvalue weighted by Crippen LogP contribution is 2.33. The second-order valence-corrected chi connectivity index (χ2v) is 11.2. The quantitative estimate of drug-likeness (QED) is 0.587. The number of anilines is 1. The highest BCUT2D eigenvalue weighted by atomic mass is 16.5. The van der Waals surface area contributed by atoms with Gasteiger partial charge in [0.1, 0.15) is 11.9 Å². The van der Waals surface area contributed by atoms with Crippen LogP contribution < -0.4 is 10.1 Å². The smallest absolute Gasteiger partial charge is 0.227 e. The molecule has 35 heavy (non-hydrogen) atoms. The van der Waals surface area contributed by atoms with E-state index in [4.69, 9.17) is 4.74 Å². The van der Waals surface area contributed by atoms with Crippen LogP contribution in [0.25, 0.3) is 0 Å². The molecule has 1 aliphatic heterocycles. The number of carbonyl (C=O) groups excluding carboxylic acids is 2. The van der Waals surface area contributed by atoms with Crippen LogP contribution in [0.5, 0.6) is 5.75 Å². The van der Waals surface area contributed by atoms with Crippen molar-refractivity contribution in [1.29, 1.82) is 0 Å². The Morgan fingerprint density at radius 1 is 1.20 bits per heavy atom. The largest absolute Gasteiger partial charge is 0.488 e. The van der Waals surface area contributed by atoms with Crippen molar-refractivity contribution in [3.05, 3.63) is 23.8 Å². The molecule has 2 N–H and O–H groups in total. The molecule has 0 radical (unpaired) electrons. The second-order valence-electron chi connectivity index (χ2n) is 11.2. The molecule has 7 heteroatoms. The first kappa shape index (κ1) is 26.0. The summed E-state index contributed by atoms with van der Waals surface area (Å²) in [5, 5.41) is 12.8. The molecule has 4 rings (SSSR count). The minimum Gasteiger partial charge on any atom is -0.488 e. The lowest BCUT2D eigenvalue weighted by Gasteiger charge is -2.35. The van der Waals surface area contributed by atoms with E-state index in [2.05, 4.69) is 24.2 Å². The Morgan fingerprint density at radius 2 is 1.94 bits per heavy atom. The molecule has 0 aromatic heterocycles. The highest BCUT2D eigenvalue weighted by molar-refractivity contribution is 5.94. The number of fused-ring (bicyclic) bond motifs is 1. The number of amides is 2. The summed E-state index contributed by atoms with van der Waals surface area (Å²) in [7, 11) is 2.17. The van der Waals surface area contributed by atoms with Gasteiger partial charge in [-0.1, -0.05) is 26.2 Å². The van der Waals surface area contributed by atoms with Gasteiger partial charge in [-0.2, -0.15) is 0 Å². The highest BCUT2D eigenvalue weighted by Gasteiger charge is 2.32. The molecule has 2 saturated carbocycles. The zero-order valence-corrected chi connectivity index (χ0v) is 21.7. The molecular weight excluding hydrogens is 442 g/mol. The van der Waals surface area contributed by atoms with Crippen LogP contribution >= 0.6 is 0 Å². The number of hydrogen-bond donors (Lipinski definition) is 2. The molecule has 194 valence electrons. The fraction of sp³-hybridized carbons (Fsp3) is 0.714.